The lowest BCUT2D eigenvalue weighted by atomic mass is 10.1. The number of guanidine groups is 1. The predicted molar refractivity (Wildman–Crippen MR) is 131 cm³/mol. The van der Waals surface area contributed by atoms with Gasteiger partial charge in [-0.25, -0.2) is 4.99 Å². The van der Waals surface area contributed by atoms with Gasteiger partial charge in [0.15, 0.2) is 0 Å². The van der Waals surface area contributed by atoms with Crippen LogP contribution in [0.25, 0.3) is 0 Å². The van der Waals surface area contributed by atoms with Gasteiger partial charge in [-0.2, -0.15) is 0 Å². The molecular formula is C27H26ClN3. The molecule has 0 atom stereocenters. The van der Waals surface area contributed by atoms with Crippen LogP contribution in [0.5, 0.6) is 0 Å². The maximum absolute atomic E-state index is 6.06. The molecule has 0 aliphatic carbocycles. The minimum Gasteiger partial charge on any atom is -0.342 e. The molecule has 4 rings (SSSR count). The number of likely N-dealkylation sites (tertiary alicyclic amines) is 1. The van der Waals surface area contributed by atoms with Gasteiger partial charge in [0, 0.05) is 29.4 Å². The molecule has 0 amide bonds. The molecule has 0 bridgehead atoms. The molecule has 1 N–H and O–H groups in total. The van der Waals surface area contributed by atoms with Crippen LogP contribution in [0.15, 0.2) is 77.8 Å². The molecule has 1 fully saturated rings. The van der Waals surface area contributed by atoms with Gasteiger partial charge in [-0.3, -0.25) is 0 Å². The maximum Gasteiger partial charge on any atom is 0.203 e. The smallest absolute Gasteiger partial charge is 0.203 e. The number of hydrogen-bond donors (Lipinski definition) is 1. The van der Waals surface area contributed by atoms with Crippen molar-refractivity contribution in [1.29, 1.82) is 0 Å². The van der Waals surface area contributed by atoms with E-state index in [9.17, 15) is 0 Å². The number of piperidine rings is 1. The lowest BCUT2D eigenvalue weighted by molar-refractivity contribution is 0.341. The second-order valence-electron chi connectivity index (χ2n) is 7.75. The number of benzene rings is 3. The summed E-state index contributed by atoms with van der Waals surface area (Å²) in [4.78, 5) is 7.38. The highest BCUT2D eigenvalue weighted by atomic mass is 35.5. The van der Waals surface area contributed by atoms with Gasteiger partial charge in [0.05, 0.1) is 11.3 Å². The van der Waals surface area contributed by atoms with Gasteiger partial charge in [-0.1, -0.05) is 47.7 Å². The second-order valence-corrected chi connectivity index (χ2v) is 8.19. The van der Waals surface area contributed by atoms with E-state index in [-0.39, 0.29) is 0 Å². The molecule has 156 valence electrons. The molecule has 0 radical (unpaired) electrons. The summed E-state index contributed by atoms with van der Waals surface area (Å²) in [5.74, 6) is 7.45. The van der Waals surface area contributed by atoms with Gasteiger partial charge in [0.1, 0.15) is 0 Å². The molecule has 3 aromatic carbocycles. The summed E-state index contributed by atoms with van der Waals surface area (Å²) in [6.45, 7) is 4.07. The van der Waals surface area contributed by atoms with E-state index in [2.05, 4.69) is 47.2 Å². The molecule has 31 heavy (non-hydrogen) atoms. The van der Waals surface area contributed by atoms with Crippen molar-refractivity contribution in [1.82, 2.24) is 4.90 Å². The van der Waals surface area contributed by atoms with E-state index in [1.54, 1.807) is 0 Å². The second kappa shape index (κ2) is 10.2. The number of anilines is 1. The average molecular weight is 428 g/mol. The van der Waals surface area contributed by atoms with Crippen LogP contribution in [0.3, 0.4) is 0 Å². The van der Waals surface area contributed by atoms with Gasteiger partial charge in [0.2, 0.25) is 5.96 Å². The van der Waals surface area contributed by atoms with Crippen LogP contribution in [0.2, 0.25) is 5.02 Å². The molecular weight excluding hydrogens is 402 g/mol. The Bertz CT molecular complexity index is 1100. The summed E-state index contributed by atoms with van der Waals surface area (Å²) in [7, 11) is 0. The fraction of sp³-hybridized carbons (Fsp3) is 0.222. The van der Waals surface area contributed by atoms with Gasteiger partial charge in [-0.05, 0) is 80.3 Å². The average Bonchev–Trinajstić information content (AvgIpc) is 2.81. The van der Waals surface area contributed by atoms with Crippen molar-refractivity contribution in [3.8, 4) is 11.8 Å². The Labute approximate surface area is 189 Å². The van der Waals surface area contributed by atoms with Crippen LogP contribution in [0.4, 0.5) is 11.4 Å². The molecule has 0 unspecified atom stereocenters. The zero-order valence-electron chi connectivity index (χ0n) is 17.7. The van der Waals surface area contributed by atoms with Gasteiger partial charge in [-0.15, -0.1) is 0 Å². The Morgan fingerprint density at radius 2 is 1.65 bits per heavy atom. The van der Waals surface area contributed by atoms with Gasteiger partial charge in [0.25, 0.3) is 0 Å². The molecule has 1 heterocycles. The fourth-order valence-electron chi connectivity index (χ4n) is 3.57. The first-order valence-electron chi connectivity index (χ1n) is 10.7. The summed E-state index contributed by atoms with van der Waals surface area (Å²) in [6.07, 6.45) is 3.62. The molecule has 0 spiro atoms. The van der Waals surface area contributed by atoms with Crippen molar-refractivity contribution >= 4 is 28.9 Å². The van der Waals surface area contributed by atoms with E-state index < -0.39 is 0 Å². The van der Waals surface area contributed by atoms with E-state index in [0.29, 0.717) is 0 Å². The zero-order valence-corrected chi connectivity index (χ0v) is 18.5. The summed E-state index contributed by atoms with van der Waals surface area (Å²) >= 11 is 6.06. The van der Waals surface area contributed by atoms with Crippen molar-refractivity contribution in [3.05, 3.63) is 94.5 Å². The molecule has 4 heteroatoms. The number of aryl methyl sites for hydroxylation is 1. The first-order valence-corrected chi connectivity index (χ1v) is 11.1. The Morgan fingerprint density at radius 1 is 0.903 bits per heavy atom. The largest absolute Gasteiger partial charge is 0.342 e. The number of halogens is 1. The molecule has 0 saturated carbocycles. The monoisotopic (exact) mass is 427 g/mol. The SMILES string of the molecule is Cc1ccc(N=C(Nc2ccc(Cl)cc2)N2CCCCC2)c(C#Cc2ccccc2)c1. The standard InChI is InChI=1S/C27H26ClN3/c1-21-10-17-26(23(20-21)12-11-22-8-4-2-5-9-22)30-27(31-18-6-3-7-19-31)29-25-15-13-24(28)14-16-25/h2,4-5,8-10,13-17,20H,3,6-7,18-19H2,1H3,(H,29,30). The fourth-order valence-corrected chi connectivity index (χ4v) is 3.69. The van der Waals surface area contributed by atoms with Crippen molar-refractivity contribution in [2.24, 2.45) is 4.99 Å². The minimum atomic E-state index is 0.721. The Balaban J connectivity index is 1.70. The summed E-state index contributed by atoms with van der Waals surface area (Å²) in [5, 5.41) is 4.23. The molecule has 3 aromatic rings. The number of hydrogen-bond acceptors (Lipinski definition) is 1. The minimum absolute atomic E-state index is 0.721. The van der Waals surface area contributed by atoms with Gasteiger partial charge < -0.3 is 10.2 Å². The lowest BCUT2D eigenvalue weighted by Crippen LogP contribution is -2.39. The first kappa shape index (κ1) is 21.0. The van der Waals surface area contributed by atoms with Gasteiger partial charge >= 0.3 is 0 Å². The highest BCUT2D eigenvalue weighted by molar-refractivity contribution is 6.30. The van der Waals surface area contributed by atoms with Crippen LogP contribution in [0.1, 0.15) is 36.0 Å². The summed E-state index contributed by atoms with van der Waals surface area (Å²) < 4.78 is 0. The van der Waals surface area contributed by atoms with Crippen LogP contribution in [-0.2, 0) is 0 Å². The maximum atomic E-state index is 6.06. The van der Waals surface area contributed by atoms with E-state index >= 15 is 0 Å². The van der Waals surface area contributed by atoms with E-state index in [1.807, 2.05) is 54.6 Å². The van der Waals surface area contributed by atoms with Crippen molar-refractivity contribution in [2.45, 2.75) is 26.2 Å². The van der Waals surface area contributed by atoms with Crippen LogP contribution < -0.4 is 5.32 Å². The van der Waals surface area contributed by atoms with Crippen molar-refractivity contribution in [2.75, 3.05) is 18.4 Å². The molecule has 1 aliphatic rings. The zero-order chi connectivity index (χ0) is 21.5. The Morgan fingerprint density at radius 3 is 2.39 bits per heavy atom. The number of nitrogens with zero attached hydrogens (tertiary/aromatic N) is 2. The highest BCUT2D eigenvalue weighted by Gasteiger charge is 2.16. The number of rotatable bonds is 2. The van der Waals surface area contributed by atoms with E-state index in [0.717, 1.165) is 46.6 Å². The third kappa shape index (κ3) is 5.90. The van der Waals surface area contributed by atoms with Crippen molar-refractivity contribution in [3.63, 3.8) is 0 Å². The molecule has 1 aliphatic heterocycles. The molecule has 0 aromatic heterocycles. The number of nitrogens with one attached hydrogen (secondary N) is 1. The van der Waals surface area contributed by atoms with E-state index in [1.165, 1.54) is 24.8 Å². The Hall–Kier alpha value is -3.22. The topological polar surface area (TPSA) is 27.6 Å². The third-order valence-electron chi connectivity index (χ3n) is 5.25. The van der Waals surface area contributed by atoms with E-state index in [4.69, 9.17) is 16.6 Å². The normalized spacial score (nSPS) is 14.0. The third-order valence-corrected chi connectivity index (χ3v) is 5.50. The molecule has 3 nitrogen and oxygen atoms in total. The summed E-state index contributed by atoms with van der Waals surface area (Å²) in [6, 6.07) is 24.0. The summed E-state index contributed by atoms with van der Waals surface area (Å²) in [5.41, 5.74) is 4.93. The predicted octanol–water partition coefficient (Wildman–Crippen LogP) is 6.63. The quantitative estimate of drug-likeness (QED) is 0.282. The van der Waals surface area contributed by atoms with Crippen LogP contribution in [0, 0.1) is 18.8 Å². The first-order chi connectivity index (χ1) is 15.2. The molecule has 1 saturated heterocycles. The number of aliphatic imine (C=N–C) groups is 1. The highest BCUT2D eigenvalue weighted by Crippen LogP contribution is 2.23. The van der Waals surface area contributed by atoms with Crippen LogP contribution >= 0.6 is 11.6 Å². The lowest BCUT2D eigenvalue weighted by Gasteiger charge is -2.30. The van der Waals surface area contributed by atoms with Crippen LogP contribution in [-0.4, -0.2) is 23.9 Å². The van der Waals surface area contributed by atoms with Crippen molar-refractivity contribution < 1.29 is 0 Å². The Kier molecular flexibility index (Phi) is 6.92.